The summed E-state index contributed by atoms with van der Waals surface area (Å²) in [6, 6.07) is 3.41. The van der Waals surface area contributed by atoms with Crippen LogP contribution in [0.2, 0.25) is 0 Å². The topological polar surface area (TPSA) is 67.2 Å². The highest BCUT2D eigenvalue weighted by atomic mass is 35.5. The number of amides is 1. The van der Waals surface area contributed by atoms with Crippen LogP contribution in [-0.4, -0.2) is 17.4 Å². The summed E-state index contributed by atoms with van der Waals surface area (Å²) in [6.07, 6.45) is 1.81. The molecule has 1 aliphatic rings. The van der Waals surface area contributed by atoms with Crippen LogP contribution in [0.25, 0.3) is 0 Å². The number of halogens is 2. The molecule has 0 bridgehead atoms. The highest BCUT2D eigenvalue weighted by Crippen LogP contribution is 2.25. The van der Waals surface area contributed by atoms with Crippen molar-refractivity contribution >= 4 is 24.0 Å². The van der Waals surface area contributed by atoms with Gasteiger partial charge in [0.25, 0.3) is 5.91 Å². The van der Waals surface area contributed by atoms with Crippen LogP contribution in [0.15, 0.2) is 22.9 Å². The Bertz CT molecular complexity index is 672. The summed E-state index contributed by atoms with van der Waals surface area (Å²) in [5.41, 5.74) is 1.95. The Kier molecular flexibility index (Phi) is 4.59. The third-order valence-corrected chi connectivity index (χ3v) is 3.42. The molecule has 0 radical (unpaired) electrons. The number of benzene rings is 1. The van der Waals surface area contributed by atoms with E-state index in [9.17, 15) is 9.18 Å². The summed E-state index contributed by atoms with van der Waals surface area (Å²) in [5.74, 6) is -0.424. The first-order valence-corrected chi connectivity index (χ1v) is 6.39. The molecule has 5 nitrogen and oxygen atoms in total. The van der Waals surface area contributed by atoms with Crippen molar-refractivity contribution in [1.29, 1.82) is 0 Å². The highest BCUT2D eigenvalue weighted by molar-refractivity contribution is 6.03. The number of hydrogen-bond donors (Lipinski definition) is 2. The van der Waals surface area contributed by atoms with Gasteiger partial charge in [-0.25, -0.2) is 9.37 Å². The molecule has 2 N–H and O–H groups in total. The summed E-state index contributed by atoms with van der Waals surface area (Å²) in [7, 11) is 0. The first kappa shape index (κ1) is 15.5. The summed E-state index contributed by atoms with van der Waals surface area (Å²) >= 11 is 0. The van der Waals surface area contributed by atoms with E-state index >= 15 is 0 Å². The van der Waals surface area contributed by atoms with Gasteiger partial charge in [-0.05, 0) is 37.1 Å². The quantitative estimate of drug-likeness (QED) is 0.894. The van der Waals surface area contributed by atoms with Crippen LogP contribution in [0.4, 0.5) is 10.1 Å². The molecule has 7 heteroatoms. The Balaban J connectivity index is 0.00000161. The third kappa shape index (κ3) is 2.91. The molecule has 0 fully saturated rings. The highest BCUT2D eigenvalue weighted by Gasteiger charge is 2.19. The number of fused-ring (bicyclic) bond motifs is 1. The van der Waals surface area contributed by atoms with E-state index in [0.29, 0.717) is 24.3 Å². The van der Waals surface area contributed by atoms with E-state index in [1.54, 1.807) is 13.0 Å². The zero-order chi connectivity index (χ0) is 14.1. The summed E-state index contributed by atoms with van der Waals surface area (Å²) < 4.78 is 19.3. The van der Waals surface area contributed by atoms with Crippen LogP contribution in [0.1, 0.15) is 27.4 Å². The van der Waals surface area contributed by atoms with Gasteiger partial charge in [0, 0.05) is 6.54 Å². The maximum Gasteiger partial charge on any atom is 0.277 e. The zero-order valence-electron chi connectivity index (χ0n) is 11.4. The van der Waals surface area contributed by atoms with E-state index in [2.05, 4.69) is 15.6 Å². The lowest BCUT2D eigenvalue weighted by Gasteiger charge is -2.19. The van der Waals surface area contributed by atoms with Gasteiger partial charge in [0.05, 0.1) is 5.69 Å². The predicted octanol–water partition coefficient (Wildman–Crippen LogP) is 2.44. The number of nitrogens with one attached hydrogen (secondary N) is 2. The van der Waals surface area contributed by atoms with Gasteiger partial charge in [0.2, 0.25) is 0 Å². The van der Waals surface area contributed by atoms with Crippen LogP contribution >= 0.6 is 12.4 Å². The van der Waals surface area contributed by atoms with Gasteiger partial charge in [-0.3, -0.25) is 4.79 Å². The Hall–Kier alpha value is -1.92. The number of aromatic nitrogens is 1. The average Bonchev–Trinajstić information content (AvgIpc) is 2.88. The standard InChI is InChI=1S/C14H14FN3O2.ClH/c1-8-13(17-7-20-8)14(19)18-11-3-2-9-6-16-5-4-10(9)12(11)15;/h2-3,7,16H,4-6H2,1H3,(H,18,19);1H. The Morgan fingerprint density at radius 3 is 3.00 bits per heavy atom. The lowest BCUT2D eigenvalue weighted by Crippen LogP contribution is -2.25. The van der Waals surface area contributed by atoms with Gasteiger partial charge in [-0.2, -0.15) is 0 Å². The number of nitrogens with zero attached hydrogens (tertiary/aromatic N) is 1. The Morgan fingerprint density at radius 2 is 2.29 bits per heavy atom. The van der Waals surface area contributed by atoms with E-state index in [-0.39, 0.29) is 29.6 Å². The van der Waals surface area contributed by atoms with Crippen molar-refractivity contribution in [2.75, 3.05) is 11.9 Å². The first-order chi connectivity index (χ1) is 9.66. The second-order valence-corrected chi connectivity index (χ2v) is 4.70. The molecular weight excluding hydrogens is 297 g/mol. The molecule has 0 atom stereocenters. The molecule has 1 amide bonds. The smallest absolute Gasteiger partial charge is 0.277 e. The molecule has 2 aromatic rings. The molecule has 112 valence electrons. The first-order valence-electron chi connectivity index (χ1n) is 6.39. The molecule has 0 spiro atoms. The monoisotopic (exact) mass is 311 g/mol. The minimum absolute atomic E-state index is 0. The van der Waals surface area contributed by atoms with Crippen molar-refractivity contribution in [3.8, 4) is 0 Å². The minimum atomic E-state index is -0.468. The van der Waals surface area contributed by atoms with Crippen molar-refractivity contribution in [3.05, 3.63) is 46.9 Å². The van der Waals surface area contributed by atoms with Gasteiger partial charge in [-0.15, -0.1) is 12.4 Å². The van der Waals surface area contributed by atoms with Gasteiger partial charge < -0.3 is 15.1 Å². The predicted molar refractivity (Wildman–Crippen MR) is 78.3 cm³/mol. The molecule has 1 aromatic carbocycles. The Labute approximate surface area is 127 Å². The summed E-state index contributed by atoms with van der Waals surface area (Å²) in [5, 5.41) is 5.73. The second-order valence-electron chi connectivity index (χ2n) is 4.70. The maximum absolute atomic E-state index is 14.4. The normalized spacial score (nSPS) is 13.2. The number of hydrogen-bond acceptors (Lipinski definition) is 4. The molecule has 3 rings (SSSR count). The molecule has 1 aromatic heterocycles. The van der Waals surface area contributed by atoms with Gasteiger partial charge in [0.1, 0.15) is 11.6 Å². The Morgan fingerprint density at radius 1 is 1.48 bits per heavy atom. The van der Waals surface area contributed by atoms with Crippen LogP contribution < -0.4 is 10.6 Å². The fourth-order valence-electron chi connectivity index (χ4n) is 2.33. The number of anilines is 1. The van der Waals surface area contributed by atoms with Crippen molar-refractivity contribution in [2.45, 2.75) is 19.9 Å². The van der Waals surface area contributed by atoms with E-state index < -0.39 is 5.91 Å². The molecule has 0 saturated heterocycles. The van der Waals surface area contributed by atoms with Crippen molar-refractivity contribution in [2.24, 2.45) is 0 Å². The molecule has 0 saturated carbocycles. The number of rotatable bonds is 2. The second kappa shape index (κ2) is 6.24. The minimum Gasteiger partial charge on any atom is -0.448 e. The SMILES string of the molecule is Cc1ocnc1C(=O)Nc1ccc2c(c1F)CCNC2.Cl. The van der Waals surface area contributed by atoms with Gasteiger partial charge in [-0.1, -0.05) is 6.07 Å². The van der Waals surface area contributed by atoms with E-state index in [1.165, 1.54) is 6.39 Å². The maximum atomic E-state index is 14.4. The summed E-state index contributed by atoms with van der Waals surface area (Å²) in [6.45, 7) is 3.03. The lowest BCUT2D eigenvalue weighted by molar-refractivity contribution is 0.102. The third-order valence-electron chi connectivity index (χ3n) is 3.42. The van der Waals surface area contributed by atoms with Crippen LogP contribution in [0.3, 0.4) is 0 Å². The van der Waals surface area contributed by atoms with E-state index in [4.69, 9.17) is 4.42 Å². The fourth-order valence-corrected chi connectivity index (χ4v) is 2.33. The lowest BCUT2D eigenvalue weighted by atomic mass is 9.99. The van der Waals surface area contributed by atoms with Crippen LogP contribution in [0, 0.1) is 12.7 Å². The van der Waals surface area contributed by atoms with Crippen LogP contribution in [-0.2, 0) is 13.0 Å². The fraction of sp³-hybridized carbons (Fsp3) is 0.286. The molecule has 2 heterocycles. The van der Waals surface area contributed by atoms with Crippen molar-refractivity contribution < 1.29 is 13.6 Å². The molecule has 1 aliphatic heterocycles. The summed E-state index contributed by atoms with van der Waals surface area (Å²) in [4.78, 5) is 15.8. The van der Waals surface area contributed by atoms with E-state index in [0.717, 1.165) is 12.1 Å². The van der Waals surface area contributed by atoms with Gasteiger partial charge >= 0.3 is 0 Å². The zero-order valence-corrected chi connectivity index (χ0v) is 12.2. The van der Waals surface area contributed by atoms with Crippen LogP contribution in [0.5, 0.6) is 0 Å². The number of carbonyl (C=O) groups excluding carboxylic acids is 1. The molecule has 0 aliphatic carbocycles. The number of carbonyl (C=O) groups is 1. The van der Waals surface area contributed by atoms with E-state index in [1.807, 2.05) is 6.07 Å². The molecule has 0 unspecified atom stereocenters. The molecular formula is C14H15ClFN3O2. The number of aryl methyl sites for hydroxylation is 1. The van der Waals surface area contributed by atoms with Gasteiger partial charge in [0.15, 0.2) is 12.1 Å². The van der Waals surface area contributed by atoms with Crippen molar-refractivity contribution in [3.63, 3.8) is 0 Å². The largest absolute Gasteiger partial charge is 0.448 e. The average molecular weight is 312 g/mol. The number of oxazole rings is 1. The van der Waals surface area contributed by atoms with Crippen molar-refractivity contribution in [1.82, 2.24) is 10.3 Å². The molecule has 21 heavy (non-hydrogen) atoms.